The van der Waals surface area contributed by atoms with Crippen LogP contribution in [0, 0.1) is 10.1 Å². The third-order valence-electron chi connectivity index (χ3n) is 3.21. The number of nitro groups is 1. The number of amides is 2. The highest BCUT2D eigenvalue weighted by atomic mass is 32.2. The van der Waals surface area contributed by atoms with Gasteiger partial charge in [-0.05, 0) is 30.3 Å². The van der Waals surface area contributed by atoms with Crippen LogP contribution in [0.2, 0.25) is 0 Å². The number of carbonyl (C=O) groups excluding carboxylic acids is 2. The molecular formula is C16H15N3O6S. The molecule has 2 N–H and O–H groups in total. The van der Waals surface area contributed by atoms with Gasteiger partial charge in [-0.1, -0.05) is 12.1 Å². The normalized spacial score (nSPS) is 10.8. The zero-order valence-electron chi connectivity index (χ0n) is 13.6. The molecule has 0 radical (unpaired) electrons. The first-order valence-electron chi connectivity index (χ1n) is 7.33. The number of hydrogen-bond donors (Lipinski definition) is 2. The number of para-hydroxylation sites is 1. The summed E-state index contributed by atoms with van der Waals surface area (Å²) in [6.45, 7) is 1.35. The van der Waals surface area contributed by atoms with Crippen LogP contribution in [0.4, 0.5) is 17.1 Å². The Morgan fingerprint density at radius 3 is 2.08 bits per heavy atom. The Kier molecular flexibility index (Phi) is 5.68. The molecule has 0 fully saturated rings. The summed E-state index contributed by atoms with van der Waals surface area (Å²) in [6, 6.07) is 10.9. The maximum Gasteiger partial charge on any atom is 0.287 e. The summed E-state index contributed by atoms with van der Waals surface area (Å²) in [5.74, 6) is -2.03. The second kappa shape index (κ2) is 7.74. The molecule has 0 aliphatic heterocycles. The van der Waals surface area contributed by atoms with Crippen LogP contribution < -0.4 is 10.6 Å². The third-order valence-corrected chi connectivity index (χ3v) is 4.86. The topological polar surface area (TPSA) is 135 Å². The van der Waals surface area contributed by atoms with Crippen molar-refractivity contribution in [2.24, 2.45) is 0 Å². The van der Waals surface area contributed by atoms with E-state index in [2.05, 4.69) is 10.6 Å². The van der Waals surface area contributed by atoms with Crippen LogP contribution >= 0.6 is 0 Å². The summed E-state index contributed by atoms with van der Waals surface area (Å²) in [6.07, 6.45) is 0. The second-order valence-electron chi connectivity index (χ2n) is 5.29. The van der Waals surface area contributed by atoms with Crippen molar-refractivity contribution in [1.29, 1.82) is 0 Å². The van der Waals surface area contributed by atoms with Gasteiger partial charge in [-0.25, -0.2) is 8.42 Å². The van der Waals surface area contributed by atoms with Crippen molar-refractivity contribution >= 4 is 38.7 Å². The van der Waals surface area contributed by atoms with Gasteiger partial charge < -0.3 is 10.6 Å². The maximum absolute atomic E-state index is 12.3. The van der Waals surface area contributed by atoms with Gasteiger partial charge in [0.05, 0.1) is 4.92 Å². The van der Waals surface area contributed by atoms with E-state index in [1.54, 1.807) is 0 Å². The monoisotopic (exact) mass is 377 g/mol. The van der Waals surface area contributed by atoms with E-state index in [1.807, 2.05) is 0 Å². The van der Waals surface area contributed by atoms with Crippen molar-refractivity contribution in [3.05, 3.63) is 58.6 Å². The minimum absolute atomic E-state index is 0.252. The van der Waals surface area contributed by atoms with Crippen LogP contribution in [0.15, 0.2) is 53.4 Å². The SMILES string of the molecule is CC(=O)Nc1ccc(NC(=O)CS(=O)(=O)c2ccccc2[N+](=O)[O-])cc1. The van der Waals surface area contributed by atoms with Crippen molar-refractivity contribution in [2.75, 3.05) is 16.4 Å². The highest BCUT2D eigenvalue weighted by Gasteiger charge is 2.27. The molecule has 0 saturated heterocycles. The Balaban J connectivity index is 2.12. The lowest BCUT2D eigenvalue weighted by molar-refractivity contribution is -0.387. The number of carbonyl (C=O) groups is 2. The van der Waals surface area contributed by atoms with Crippen LogP contribution in [0.5, 0.6) is 0 Å². The van der Waals surface area contributed by atoms with E-state index in [1.165, 1.54) is 43.3 Å². The van der Waals surface area contributed by atoms with Crippen molar-refractivity contribution in [3.8, 4) is 0 Å². The molecular weight excluding hydrogens is 362 g/mol. The fraction of sp³-hybridized carbons (Fsp3) is 0.125. The lowest BCUT2D eigenvalue weighted by Crippen LogP contribution is -2.23. The van der Waals surface area contributed by atoms with Crippen LogP contribution in [0.1, 0.15) is 6.92 Å². The minimum Gasteiger partial charge on any atom is -0.326 e. The molecule has 136 valence electrons. The van der Waals surface area contributed by atoms with Gasteiger partial charge in [-0.2, -0.15) is 0 Å². The van der Waals surface area contributed by atoms with E-state index in [0.29, 0.717) is 11.4 Å². The van der Waals surface area contributed by atoms with Crippen molar-refractivity contribution in [2.45, 2.75) is 11.8 Å². The molecule has 0 heterocycles. The van der Waals surface area contributed by atoms with Gasteiger partial charge in [0.15, 0.2) is 9.84 Å². The molecule has 0 spiro atoms. The molecule has 10 heteroatoms. The molecule has 0 aliphatic rings. The summed E-state index contributed by atoms with van der Waals surface area (Å²) in [7, 11) is -4.19. The standard InChI is InChI=1S/C16H15N3O6S/c1-11(20)17-12-6-8-13(9-7-12)18-16(21)10-26(24,25)15-5-3-2-4-14(15)19(22)23/h2-9H,10H2,1H3,(H,17,20)(H,18,21). The van der Waals surface area contributed by atoms with Gasteiger partial charge in [0, 0.05) is 24.4 Å². The number of sulfone groups is 1. The van der Waals surface area contributed by atoms with E-state index in [-0.39, 0.29) is 5.91 Å². The van der Waals surface area contributed by atoms with Crippen molar-refractivity contribution in [1.82, 2.24) is 0 Å². The van der Waals surface area contributed by atoms with Gasteiger partial charge in [0.2, 0.25) is 11.8 Å². The first kappa shape index (κ1) is 19.1. The first-order chi connectivity index (χ1) is 12.2. The highest BCUT2D eigenvalue weighted by Crippen LogP contribution is 2.24. The zero-order chi connectivity index (χ0) is 19.3. The number of nitro benzene ring substituents is 1. The van der Waals surface area contributed by atoms with Gasteiger partial charge in [-0.15, -0.1) is 0 Å². The smallest absolute Gasteiger partial charge is 0.287 e. The van der Waals surface area contributed by atoms with Crippen molar-refractivity contribution < 1.29 is 22.9 Å². The fourth-order valence-corrected chi connectivity index (χ4v) is 3.48. The summed E-state index contributed by atoms with van der Waals surface area (Å²) >= 11 is 0. The van der Waals surface area contributed by atoms with Gasteiger partial charge in [-0.3, -0.25) is 19.7 Å². The van der Waals surface area contributed by atoms with Gasteiger partial charge in [0.25, 0.3) is 5.69 Å². The van der Waals surface area contributed by atoms with Crippen LogP contribution in [-0.2, 0) is 19.4 Å². The van der Waals surface area contributed by atoms with Crippen LogP contribution in [0.25, 0.3) is 0 Å². The molecule has 2 aromatic carbocycles. The summed E-state index contributed by atoms with van der Waals surface area (Å²) in [5, 5.41) is 15.9. The van der Waals surface area contributed by atoms with Crippen LogP contribution in [-0.4, -0.2) is 30.9 Å². The number of nitrogens with one attached hydrogen (secondary N) is 2. The molecule has 0 aliphatic carbocycles. The Bertz CT molecular complexity index is 954. The Hall–Kier alpha value is -3.27. The minimum atomic E-state index is -4.19. The Morgan fingerprint density at radius 2 is 1.54 bits per heavy atom. The molecule has 9 nitrogen and oxygen atoms in total. The molecule has 0 saturated carbocycles. The average Bonchev–Trinajstić information content (AvgIpc) is 2.55. The summed E-state index contributed by atoms with van der Waals surface area (Å²) in [5.41, 5.74) is 0.254. The highest BCUT2D eigenvalue weighted by molar-refractivity contribution is 7.92. The molecule has 2 amide bonds. The van der Waals surface area contributed by atoms with E-state index in [9.17, 15) is 28.1 Å². The number of rotatable bonds is 6. The average molecular weight is 377 g/mol. The predicted molar refractivity (Wildman–Crippen MR) is 94.5 cm³/mol. The van der Waals surface area contributed by atoms with E-state index >= 15 is 0 Å². The number of benzene rings is 2. The second-order valence-corrected chi connectivity index (χ2v) is 7.25. The molecule has 0 aromatic heterocycles. The van der Waals surface area contributed by atoms with E-state index in [0.717, 1.165) is 12.1 Å². The van der Waals surface area contributed by atoms with Crippen molar-refractivity contribution in [3.63, 3.8) is 0 Å². The molecule has 26 heavy (non-hydrogen) atoms. The quantitative estimate of drug-likeness (QED) is 0.583. The molecule has 0 unspecified atom stereocenters. The number of nitrogens with zero attached hydrogens (tertiary/aromatic N) is 1. The number of hydrogen-bond acceptors (Lipinski definition) is 6. The van der Waals surface area contributed by atoms with Crippen LogP contribution in [0.3, 0.4) is 0 Å². The predicted octanol–water partition coefficient (Wildman–Crippen LogP) is 1.97. The summed E-state index contributed by atoms with van der Waals surface area (Å²) < 4.78 is 24.6. The molecule has 2 rings (SSSR count). The summed E-state index contributed by atoms with van der Waals surface area (Å²) in [4.78, 5) is 32.6. The molecule has 0 atom stereocenters. The Labute approximate surface area is 149 Å². The molecule has 2 aromatic rings. The van der Waals surface area contributed by atoms with E-state index in [4.69, 9.17) is 0 Å². The first-order valence-corrected chi connectivity index (χ1v) is 8.98. The lowest BCUT2D eigenvalue weighted by atomic mass is 10.3. The third kappa shape index (κ3) is 4.86. The Morgan fingerprint density at radius 1 is 1.00 bits per heavy atom. The lowest BCUT2D eigenvalue weighted by Gasteiger charge is -2.08. The fourth-order valence-electron chi connectivity index (χ4n) is 2.16. The van der Waals surface area contributed by atoms with Gasteiger partial charge >= 0.3 is 0 Å². The largest absolute Gasteiger partial charge is 0.326 e. The maximum atomic E-state index is 12.3. The van der Waals surface area contributed by atoms with Gasteiger partial charge in [0.1, 0.15) is 10.6 Å². The molecule has 0 bridgehead atoms. The number of anilines is 2. The van der Waals surface area contributed by atoms with E-state index < -0.39 is 37.0 Å². The zero-order valence-corrected chi connectivity index (χ0v) is 14.4.